The van der Waals surface area contributed by atoms with Crippen molar-refractivity contribution in [1.82, 2.24) is 15.0 Å². The summed E-state index contributed by atoms with van der Waals surface area (Å²) in [6.07, 6.45) is -5.31. The quantitative estimate of drug-likeness (QED) is 0.771. The fraction of sp³-hybridized carbons (Fsp3) is 0.400. The minimum atomic E-state index is -3.28. The van der Waals surface area contributed by atoms with Gasteiger partial charge in [-0.3, -0.25) is 0 Å². The lowest BCUT2D eigenvalue weighted by molar-refractivity contribution is -0.00794. The number of aromatic carboxylic acids is 1. The lowest BCUT2D eigenvalue weighted by Gasteiger charge is -2.03. The first kappa shape index (κ1) is 9.49. The SMILES string of the molecule is O=C(O)c1cnn(C(F)C(F)F)n1. The number of rotatable bonds is 3. The Bertz CT molecular complexity index is 314. The Morgan fingerprint density at radius 3 is 2.54 bits per heavy atom. The fourth-order valence-corrected chi connectivity index (χ4v) is 0.593. The minimum absolute atomic E-state index is 0.0219. The number of carboxylic acid groups (broad SMARTS) is 1. The molecule has 0 spiro atoms. The van der Waals surface area contributed by atoms with Gasteiger partial charge in [-0.05, 0) is 0 Å². The van der Waals surface area contributed by atoms with Crippen molar-refractivity contribution in [1.29, 1.82) is 0 Å². The van der Waals surface area contributed by atoms with Gasteiger partial charge in [-0.1, -0.05) is 0 Å². The first-order chi connectivity index (χ1) is 6.02. The predicted molar refractivity (Wildman–Crippen MR) is 33.1 cm³/mol. The number of nitrogens with zero attached hydrogens (tertiary/aromatic N) is 3. The van der Waals surface area contributed by atoms with Crippen molar-refractivity contribution in [3.05, 3.63) is 11.9 Å². The van der Waals surface area contributed by atoms with Gasteiger partial charge in [-0.15, -0.1) is 9.90 Å². The number of aromatic nitrogens is 3. The molecule has 1 rings (SSSR count). The average Bonchev–Trinajstić information content (AvgIpc) is 2.50. The van der Waals surface area contributed by atoms with E-state index in [4.69, 9.17) is 5.11 Å². The van der Waals surface area contributed by atoms with Crippen LogP contribution in [0, 0.1) is 0 Å². The summed E-state index contributed by atoms with van der Waals surface area (Å²) in [5, 5.41) is 14.3. The highest BCUT2D eigenvalue weighted by Gasteiger charge is 2.24. The Kier molecular flexibility index (Phi) is 2.49. The molecule has 1 aromatic rings. The van der Waals surface area contributed by atoms with Crippen LogP contribution < -0.4 is 0 Å². The van der Waals surface area contributed by atoms with Gasteiger partial charge in [-0.2, -0.15) is 5.10 Å². The predicted octanol–water partition coefficient (Wildman–Crippen LogP) is 0.710. The Balaban J connectivity index is 2.85. The van der Waals surface area contributed by atoms with Gasteiger partial charge < -0.3 is 5.11 Å². The molecule has 1 aromatic heterocycles. The summed E-state index contributed by atoms with van der Waals surface area (Å²) >= 11 is 0. The summed E-state index contributed by atoms with van der Waals surface area (Å²) in [6, 6.07) is 0. The van der Waals surface area contributed by atoms with E-state index in [2.05, 4.69) is 10.2 Å². The zero-order valence-electron chi connectivity index (χ0n) is 6.06. The van der Waals surface area contributed by atoms with Crippen molar-refractivity contribution in [2.75, 3.05) is 0 Å². The van der Waals surface area contributed by atoms with Gasteiger partial charge in [0, 0.05) is 0 Å². The molecular formula is C5H4F3N3O2. The highest BCUT2D eigenvalue weighted by Crippen LogP contribution is 2.15. The molecule has 0 saturated heterocycles. The van der Waals surface area contributed by atoms with Gasteiger partial charge in [0.2, 0.25) is 0 Å². The first-order valence-corrected chi connectivity index (χ1v) is 3.09. The Morgan fingerprint density at radius 1 is 1.54 bits per heavy atom. The molecule has 0 amide bonds. The van der Waals surface area contributed by atoms with Gasteiger partial charge in [0.25, 0.3) is 12.7 Å². The largest absolute Gasteiger partial charge is 0.476 e. The number of hydrogen-bond acceptors (Lipinski definition) is 3. The second kappa shape index (κ2) is 3.42. The standard InChI is InChI=1S/C5H4F3N3O2/c6-3(7)4(8)11-9-1-2(10-11)5(12)13/h1,3-4H,(H,12,13). The van der Waals surface area contributed by atoms with E-state index < -0.39 is 24.4 Å². The molecule has 0 aliphatic carbocycles. The van der Waals surface area contributed by atoms with Crippen LogP contribution >= 0.6 is 0 Å². The lowest BCUT2D eigenvalue weighted by Crippen LogP contribution is -2.15. The summed E-state index contributed by atoms with van der Waals surface area (Å²) in [5.74, 6) is -1.45. The molecule has 0 aromatic carbocycles. The van der Waals surface area contributed by atoms with Crippen LogP contribution in [0.3, 0.4) is 0 Å². The number of carboxylic acids is 1. The van der Waals surface area contributed by atoms with Gasteiger partial charge in [0.1, 0.15) is 0 Å². The summed E-state index contributed by atoms with van der Waals surface area (Å²) in [7, 11) is 0. The first-order valence-electron chi connectivity index (χ1n) is 3.09. The van der Waals surface area contributed by atoms with E-state index >= 15 is 0 Å². The van der Waals surface area contributed by atoms with Gasteiger partial charge in [-0.25, -0.2) is 18.0 Å². The molecule has 0 aliphatic rings. The van der Waals surface area contributed by atoms with E-state index in [0.717, 1.165) is 0 Å². The van der Waals surface area contributed by atoms with Crippen molar-refractivity contribution in [3.8, 4) is 0 Å². The third kappa shape index (κ3) is 1.95. The zero-order chi connectivity index (χ0) is 10.0. The number of hydrogen-bond donors (Lipinski definition) is 1. The van der Waals surface area contributed by atoms with E-state index in [9.17, 15) is 18.0 Å². The summed E-state index contributed by atoms with van der Waals surface area (Å²) in [5.41, 5.74) is -0.580. The second-order valence-corrected chi connectivity index (χ2v) is 2.06. The maximum atomic E-state index is 12.4. The molecule has 8 heteroatoms. The van der Waals surface area contributed by atoms with E-state index in [0.29, 0.717) is 6.20 Å². The molecule has 72 valence electrons. The van der Waals surface area contributed by atoms with E-state index in [-0.39, 0.29) is 4.80 Å². The molecule has 0 bridgehead atoms. The smallest absolute Gasteiger partial charge is 0.358 e. The molecule has 5 nitrogen and oxygen atoms in total. The molecule has 1 unspecified atom stereocenters. The highest BCUT2D eigenvalue weighted by molar-refractivity contribution is 5.84. The molecule has 0 fully saturated rings. The number of alkyl halides is 3. The second-order valence-electron chi connectivity index (χ2n) is 2.06. The van der Waals surface area contributed by atoms with E-state index in [1.807, 2.05) is 0 Å². The monoisotopic (exact) mass is 195 g/mol. The van der Waals surface area contributed by atoms with Crippen LogP contribution in [0.15, 0.2) is 6.20 Å². The molecule has 13 heavy (non-hydrogen) atoms. The summed E-state index contributed by atoms with van der Waals surface area (Å²) < 4.78 is 35.8. The summed E-state index contributed by atoms with van der Waals surface area (Å²) in [6.45, 7) is 0. The van der Waals surface area contributed by atoms with Crippen molar-refractivity contribution < 1.29 is 23.1 Å². The number of carbonyl (C=O) groups is 1. The highest BCUT2D eigenvalue weighted by atomic mass is 19.3. The Labute approximate surface area is 69.8 Å². The van der Waals surface area contributed by atoms with Crippen molar-refractivity contribution in [3.63, 3.8) is 0 Å². The molecule has 0 aliphatic heterocycles. The van der Waals surface area contributed by atoms with Crippen LogP contribution in [-0.2, 0) is 0 Å². The molecular weight excluding hydrogens is 191 g/mol. The van der Waals surface area contributed by atoms with Crippen LogP contribution in [0.5, 0.6) is 0 Å². The molecule has 0 radical (unpaired) electrons. The van der Waals surface area contributed by atoms with Gasteiger partial charge in [0.05, 0.1) is 6.20 Å². The van der Waals surface area contributed by atoms with Gasteiger partial charge >= 0.3 is 5.97 Å². The molecule has 1 N–H and O–H groups in total. The topological polar surface area (TPSA) is 68.0 Å². The maximum Gasteiger partial charge on any atom is 0.358 e. The third-order valence-corrected chi connectivity index (χ3v) is 1.16. The maximum absolute atomic E-state index is 12.4. The minimum Gasteiger partial charge on any atom is -0.476 e. The zero-order valence-corrected chi connectivity index (χ0v) is 6.06. The third-order valence-electron chi connectivity index (χ3n) is 1.16. The average molecular weight is 195 g/mol. The van der Waals surface area contributed by atoms with Crippen molar-refractivity contribution >= 4 is 5.97 Å². The molecule has 1 heterocycles. The van der Waals surface area contributed by atoms with Crippen molar-refractivity contribution in [2.45, 2.75) is 12.7 Å². The Morgan fingerprint density at radius 2 is 2.15 bits per heavy atom. The van der Waals surface area contributed by atoms with Crippen LogP contribution in [0.25, 0.3) is 0 Å². The molecule has 1 atom stereocenters. The lowest BCUT2D eigenvalue weighted by atomic mass is 10.5. The van der Waals surface area contributed by atoms with Crippen LogP contribution in [0.4, 0.5) is 13.2 Å². The van der Waals surface area contributed by atoms with E-state index in [1.165, 1.54) is 0 Å². The van der Waals surface area contributed by atoms with Crippen LogP contribution in [0.2, 0.25) is 0 Å². The fourth-order valence-electron chi connectivity index (χ4n) is 0.593. The van der Waals surface area contributed by atoms with Crippen molar-refractivity contribution in [2.24, 2.45) is 0 Å². The Hall–Kier alpha value is -1.60. The molecule has 0 saturated carbocycles. The van der Waals surface area contributed by atoms with Gasteiger partial charge in [0.15, 0.2) is 5.69 Å². The normalized spacial score (nSPS) is 13.2. The summed E-state index contributed by atoms with van der Waals surface area (Å²) in [4.78, 5) is 10.2. The number of halogens is 3. The van der Waals surface area contributed by atoms with E-state index in [1.54, 1.807) is 0 Å². The van der Waals surface area contributed by atoms with Crippen LogP contribution in [0.1, 0.15) is 16.8 Å². The van der Waals surface area contributed by atoms with Crippen LogP contribution in [-0.4, -0.2) is 32.5 Å².